The first-order valence-corrected chi connectivity index (χ1v) is 4.36. The van der Waals surface area contributed by atoms with Crippen molar-refractivity contribution in [3.63, 3.8) is 0 Å². The van der Waals surface area contributed by atoms with E-state index in [2.05, 4.69) is 14.3 Å². The van der Waals surface area contributed by atoms with E-state index in [1.807, 2.05) is 5.48 Å². The topological polar surface area (TPSA) is 73.9 Å². The zero-order valence-corrected chi connectivity index (χ0v) is 8.53. The highest BCUT2D eigenvalue weighted by atomic mass is 16.7. The van der Waals surface area contributed by atoms with Crippen LogP contribution < -0.4 is 5.48 Å². The first-order valence-electron chi connectivity index (χ1n) is 4.36. The number of hydrogen-bond acceptors (Lipinski definition) is 5. The molecule has 6 nitrogen and oxygen atoms in total. The van der Waals surface area contributed by atoms with E-state index in [0.29, 0.717) is 0 Å². The minimum atomic E-state index is -0.848. The first kappa shape index (κ1) is 12.7. The third-order valence-electron chi connectivity index (χ3n) is 1.21. The maximum absolute atomic E-state index is 11.0. The second kappa shape index (κ2) is 7.14. The lowest BCUT2D eigenvalue weighted by Gasteiger charge is -2.11. The third-order valence-corrected chi connectivity index (χ3v) is 1.21. The van der Waals surface area contributed by atoms with Crippen LogP contribution in [0.25, 0.3) is 0 Å². The van der Waals surface area contributed by atoms with Crippen LogP contribution in [0.15, 0.2) is 0 Å². The van der Waals surface area contributed by atoms with Gasteiger partial charge in [-0.05, 0) is 20.8 Å². The Morgan fingerprint density at radius 1 is 1.21 bits per heavy atom. The van der Waals surface area contributed by atoms with Crippen molar-refractivity contribution in [3.05, 3.63) is 0 Å². The average molecular weight is 205 g/mol. The number of nitrogens with one attached hydrogen (secondary N) is 1. The Hall–Kier alpha value is -1.30. The van der Waals surface area contributed by atoms with Crippen LogP contribution in [-0.4, -0.2) is 31.4 Å². The van der Waals surface area contributed by atoms with Crippen molar-refractivity contribution in [1.29, 1.82) is 0 Å². The molecule has 0 heterocycles. The van der Waals surface area contributed by atoms with Crippen molar-refractivity contribution in [2.45, 2.75) is 26.9 Å². The molecule has 0 spiro atoms. The van der Waals surface area contributed by atoms with Gasteiger partial charge in [0.15, 0.2) is 6.10 Å². The van der Waals surface area contributed by atoms with Gasteiger partial charge in [-0.1, -0.05) is 0 Å². The molecule has 1 atom stereocenters. The van der Waals surface area contributed by atoms with Gasteiger partial charge in [0, 0.05) is 0 Å². The van der Waals surface area contributed by atoms with Gasteiger partial charge in [0.25, 0.3) is 0 Å². The Labute approximate surface area is 82.5 Å². The molecular formula is C8H15NO5. The fourth-order valence-corrected chi connectivity index (χ4v) is 0.605. The van der Waals surface area contributed by atoms with Gasteiger partial charge in [0.1, 0.15) is 0 Å². The summed E-state index contributed by atoms with van der Waals surface area (Å²) < 4.78 is 9.14. The van der Waals surface area contributed by atoms with E-state index in [0.717, 1.165) is 0 Å². The zero-order chi connectivity index (χ0) is 11.0. The number of rotatable bonds is 5. The molecule has 14 heavy (non-hydrogen) atoms. The van der Waals surface area contributed by atoms with Gasteiger partial charge in [-0.3, -0.25) is 4.84 Å². The normalized spacial score (nSPS) is 11.6. The highest BCUT2D eigenvalue weighted by molar-refractivity contribution is 5.74. The number of esters is 1. The standard InChI is InChI=1S/C8H15NO5/c1-4-12-7(10)6(3)14-9-8(11)13-5-2/h6H,4-5H2,1-3H3,(H,9,11). The molecule has 0 bridgehead atoms. The molecule has 0 aliphatic rings. The van der Waals surface area contributed by atoms with Crippen LogP contribution in [0.5, 0.6) is 0 Å². The summed E-state index contributed by atoms with van der Waals surface area (Å²) in [6.45, 7) is 5.32. The molecule has 0 saturated carbocycles. The van der Waals surface area contributed by atoms with Crippen LogP contribution in [0.1, 0.15) is 20.8 Å². The van der Waals surface area contributed by atoms with Crippen molar-refractivity contribution in [3.8, 4) is 0 Å². The van der Waals surface area contributed by atoms with Crippen molar-refractivity contribution in [2.24, 2.45) is 0 Å². The van der Waals surface area contributed by atoms with Crippen LogP contribution in [0.4, 0.5) is 4.79 Å². The molecule has 0 aromatic carbocycles. The minimum Gasteiger partial charge on any atom is -0.464 e. The van der Waals surface area contributed by atoms with E-state index in [9.17, 15) is 9.59 Å². The van der Waals surface area contributed by atoms with Gasteiger partial charge < -0.3 is 9.47 Å². The van der Waals surface area contributed by atoms with E-state index >= 15 is 0 Å². The zero-order valence-electron chi connectivity index (χ0n) is 8.53. The fraction of sp³-hybridized carbons (Fsp3) is 0.750. The van der Waals surface area contributed by atoms with E-state index in [4.69, 9.17) is 0 Å². The minimum absolute atomic E-state index is 0.239. The number of ether oxygens (including phenoxy) is 2. The van der Waals surface area contributed by atoms with Gasteiger partial charge in [-0.15, -0.1) is 0 Å². The van der Waals surface area contributed by atoms with Crippen LogP contribution in [0, 0.1) is 0 Å². The average Bonchev–Trinajstić information content (AvgIpc) is 2.15. The number of amides is 1. The molecule has 0 saturated heterocycles. The lowest BCUT2D eigenvalue weighted by molar-refractivity contribution is -0.159. The first-order chi connectivity index (χ1) is 6.61. The Bertz CT molecular complexity index is 194. The number of carbonyl (C=O) groups is 2. The molecule has 0 aliphatic heterocycles. The summed E-state index contributed by atoms with van der Waals surface area (Å²) in [4.78, 5) is 26.4. The second-order valence-electron chi connectivity index (χ2n) is 2.33. The second-order valence-corrected chi connectivity index (χ2v) is 2.33. The lowest BCUT2D eigenvalue weighted by Crippen LogP contribution is -2.33. The molecule has 0 rings (SSSR count). The van der Waals surface area contributed by atoms with Crippen molar-refractivity contribution >= 4 is 12.1 Å². The quantitative estimate of drug-likeness (QED) is 0.526. The maximum atomic E-state index is 11.0. The molecule has 82 valence electrons. The highest BCUT2D eigenvalue weighted by Gasteiger charge is 2.16. The Kier molecular flexibility index (Phi) is 6.47. The van der Waals surface area contributed by atoms with Gasteiger partial charge in [-0.2, -0.15) is 5.48 Å². The molecule has 1 unspecified atom stereocenters. The van der Waals surface area contributed by atoms with Gasteiger partial charge >= 0.3 is 12.1 Å². The number of carbonyl (C=O) groups excluding carboxylic acids is 2. The summed E-state index contributed by atoms with van der Waals surface area (Å²) in [7, 11) is 0. The van der Waals surface area contributed by atoms with E-state index in [1.54, 1.807) is 13.8 Å². The summed E-state index contributed by atoms with van der Waals surface area (Å²) >= 11 is 0. The van der Waals surface area contributed by atoms with Gasteiger partial charge in [-0.25, -0.2) is 9.59 Å². The van der Waals surface area contributed by atoms with E-state index < -0.39 is 18.2 Å². The number of hydroxylamine groups is 1. The lowest BCUT2D eigenvalue weighted by atomic mass is 10.4. The van der Waals surface area contributed by atoms with E-state index in [-0.39, 0.29) is 13.2 Å². The predicted molar refractivity (Wildman–Crippen MR) is 47.3 cm³/mol. The fourth-order valence-electron chi connectivity index (χ4n) is 0.605. The highest BCUT2D eigenvalue weighted by Crippen LogP contribution is 1.92. The summed E-state index contributed by atoms with van der Waals surface area (Å²) in [5.74, 6) is -0.538. The van der Waals surface area contributed by atoms with Crippen LogP contribution >= 0.6 is 0 Å². The van der Waals surface area contributed by atoms with Crippen LogP contribution in [0.3, 0.4) is 0 Å². The predicted octanol–water partition coefficient (Wildman–Crippen LogP) is 0.616. The van der Waals surface area contributed by atoms with Crippen molar-refractivity contribution in [2.75, 3.05) is 13.2 Å². The molecule has 0 aliphatic carbocycles. The SMILES string of the molecule is CCOC(=O)NOC(C)C(=O)OCC. The molecule has 6 heteroatoms. The Morgan fingerprint density at radius 2 is 1.79 bits per heavy atom. The van der Waals surface area contributed by atoms with E-state index in [1.165, 1.54) is 6.92 Å². The summed E-state index contributed by atoms with van der Waals surface area (Å²) in [5.41, 5.74) is 1.96. The molecule has 0 aromatic rings. The maximum Gasteiger partial charge on any atom is 0.431 e. The third kappa shape index (κ3) is 5.36. The molecule has 1 amide bonds. The molecule has 1 N–H and O–H groups in total. The molecule has 0 aromatic heterocycles. The Balaban J connectivity index is 3.67. The number of hydrogen-bond donors (Lipinski definition) is 1. The smallest absolute Gasteiger partial charge is 0.431 e. The summed E-state index contributed by atoms with van der Waals surface area (Å²) in [6.07, 6.45) is -1.58. The Morgan fingerprint density at radius 3 is 2.29 bits per heavy atom. The summed E-state index contributed by atoms with van der Waals surface area (Å²) in [6, 6.07) is 0. The van der Waals surface area contributed by atoms with Crippen LogP contribution in [-0.2, 0) is 19.1 Å². The largest absolute Gasteiger partial charge is 0.464 e. The monoisotopic (exact) mass is 205 g/mol. The van der Waals surface area contributed by atoms with Crippen LogP contribution in [0.2, 0.25) is 0 Å². The van der Waals surface area contributed by atoms with Crippen molar-refractivity contribution < 1.29 is 23.9 Å². The molecule has 0 radical (unpaired) electrons. The van der Waals surface area contributed by atoms with Crippen molar-refractivity contribution in [1.82, 2.24) is 5.48 Å². The molecule has 0 fully saturated rings. The van der Waals surface area contributed by atoms with Gasteiger partial charge in [0.2, 0.25) is 0 Å². The van der Waals surface area contributed by atoms with Gasteiger partial charge in [0.05, 0.1) is 13.2 Å². The summed E-state index contributed by atoms with van der Waals surface area (Å²) in [5, 5.41) is 0. The molecular weight excluding hydrogens is 190 g/mol.